The van der Waals surface area contributed by atoms with Crippen LogP contribution in [0.5, 0.6) is 5.88 Å². The van der Waals surface area contributed by atoms with Gasteiger partial charge < -0.3 is 20.7 Å². The Bertz CT molecular complexity index is 1100. The number of alkyl halides is 1. The van der Waals surface area contributed by atoms with Gasteiger partial charge in [0.2, 0.25) is 5.88 Å². The highest BCUT2D eigenvalue weighted by molar-refractivity contribution is 6.00. The van der Waals surface area contributed by atoms with Crippen LogP contribution in [0.3, 0.4) is 0 Å². The van der Waals surface area contributed by atoms with Gasteiger partial charge in [-0.2, -0.15) is 9.61 Å². The Morgan fingerprint density at radius 3 is 2.77 bits per heavy atom. The molecule has 0 spiro atoms. The van der Waals surface area contributed by atoms with E-state index in [-0.39, 0.29) is 11.7 Å². The standard InChI is InChI=1S/C20H24FN7O2/c1-10(2)30-20-15(5-11(3)8-23-20)25-16-7-17(22-4)28-18(27-16)12(9-24-28)19(29)26-14-6-13(14)21/h5,7-10,13-14,22H,6H2,1-4H3,(H,25,27)(H,26,29)/t13-,14+/m1/s1. The van der Waals surface area contributed by atoms with Gasteiger partial charge in [-0.3, -0.25) is 4.79 Å². The van der Waals surface area contributed by atoms with Gasteiger partial charge in [0, 0.05) is 25.7 Å². The van der Waals surface area contributed by atoms with Crippen molar-refractivity contribution in [3.63, 3.8) is 0 Å². The predicted octanol–water partition coefficient (Wildman–Crippen LogP) is 2.85. The Morgan fingerprint density at radius 2 is 2.10 bits per heavy atom. The minimum absolute atomic E-state index is 0.0454. The van der Waals surface area contributed by atoms with Crippen LogP contribution in [0.1, 0.15) is 36.2 Å². The first-order valence-electron chi connectivity index (χ1n) is 9.77. The maximum absolute atomic E-state index is 13.2. The van der Waals surface area contributed by atoms with Crippen LogP contribution in [0.15, 0.2) is 24.5 Å². The van der Waals surface area contributed by atoms with E-state index in [1.165, 1.54) is 10.7 Å². The van der Waals surface area contributed by atoms with E-state index in [2.05, 4.69) is 31.0 Å². The normalized spacial score (nSPS) is 17.8. The lowest BCUT2D eigenvalue weighted by molar-refractivity contribution is 0.0949. The summed E-state index contributed by atoms with van der Waals surface area (Å²) in [6.45, 7) is 5.78. The van der Waals surface area contributed by atoms with E-state index in [0.717, 1.165) is 5.56 Å². The van der Waals surface area contributed by atoms with Crippen LogP contribution < -0.4 is 20.7 Å². The van der Waals surface area contributed by atoms with Crippen molar-refractivity contribution in [3.05, 3.63) is 35.7 Å². The summed E-state index contributed by atoms with van der Waals surface area (Å²) in [5.41, 5.74) is 2.24. The SMILES string of the molecule is CNc1cc(Nc2cc(C)cnc2OC(C)C)nc2c(C(=O)N[C@H]3C[C@H]3F)cnn12. The third-order valence-electron chi connectivity index (χ3n) is 4.60. The zero-order valence-corrected chi connectivity index (χ0v) is 17.2. The molecule has 3 aromatic heterocycles. The summed E-state index contributed by atoms with van der Waals surface area (Å²) in [6.07, 6.45) is 2.47. The van der Waals surface area contributed by atoms with Crippen LogP contribution in [-0.4, -0.2) is 50.9 Å². The Kier molecular flexibility index (Phi) is 5.15. The first-order chi connectivity index (χ1) is 14.4. The van der Waals surface area contributed by atoms with Gasteiger partial charge in [-0.05, 0) is 32.4 Å². The minimum atomic E-state index is -0.984. The van der Waals surface area contributed by atoms with Crippen molar-refractivity contribution in [2.24, 2.45) is 0 Å². The van der Waals surface area contributed by atoms with Gasteiger partial charge in [-0.1, -0.05) is 0 Å². The van der Waals surface area contributed by atoms with Gasteiger partial charge >= 0.3 is 0 Å². The van der Waals surface area contributed by atoms with E-state index in [1.807, 2.05) is 26.8 Å². The number of aryl methyl sites for hydroxylation is 1. The molecule has 9 nitrogen and oxygen atoms in total. The molecule has 0 unspecified atom stereocenters. The second-order valence-corrected chi connectivity index (χ2v) is 7.56. The number of anilines is 3. The smallest absolute Gasteiger partial charge is 0.257 e. The number of rotatable bonds is 7. The molecule has 1 amide bonds. The highest BCUT2D eigenvalue weighted by atomic mass is 19.1. The summed E-state index contributed by atoms with van der Waals surface area (Å²) >= 11 is 0. The highest BCUT2D eigenvalue weighted by Gasteiger charge is 2.39. The number of ether oxygens (including phenoxy) is 1. The molecule has 3 heterocycles. The highest BCUT2D eigenvalue weighted by Crippen LogP contribution is 2.29. The molecule has 1 saturated carbocycles. The number of aromatic nitrogens is 4. The van der Waals surface area contributed by atoms with E-state index in [0.29, 0.717) is 35.3 Å². The number of carbonyl (C=O) groups is 1. The lowest BCUT2D eigenvalue weighted by Crippen LogP contribution is -2.27. The third-order valence-corrected chi connectivity index (χ3v) is 4.60. The summed E-state index contributed by atoms with van der Waals surface area (Å²) in [5.74, 6) is 1.17. The lowest BCUT2D eigenvalue weighted by Gasteiger charge is -2.15. The van der Waals surface area contributed by atoms with Gasteiger partial charge in [0.05, 0.1) is 18.3 Å². The van der Waals surface area contributed by atoms with Gasteiger partial charge in [-0.15, -0.1) is 0 Å². The van der Waals surface area contributed by atoms with Crippen molar-refractivity contribution in [1.82, 2.24) is 24.9 Å². The Balaban J connectivity index is 1.70. The Morgan fingerprint density at radius 1 is 1.33 bits per heavy atom. The minimum Gasteiger partial charge on any atom is -0.473 e. The summed E-state index contributed by atoms with van der Waals surface area (Å²) in [5, 5.41) is 13.2. The number of hydrogen-bond donors (Lipinski definition) is 3. The zero-order chi connectivity index (χ0) is 21.4. The van der Waals surface area contributed by atoms with Crippen molar-refractivity contribution >= 4 is 28.9 Å². The van der Waals surface area contributed by atoms with Crippen molar-refractivity contribution in [2.75, 3.05) is 17.7 Å². The van der Waals surface area contributed by atoms with Crippen molar-refractivity contribution in [1.29, 1.82) is 0 Å². The second-order valence-electron chi connectivity index (χ2n) is 7.56. The van der Waals surface area contributed by atoms with Crippen LogP contribution in [0.2, 0.25) is 0 Å². The molecule has 0 saturated heterocycles. The molecule has 1 aliphatic carbocycles. The number of hydrogen-bond acceptors (Lipinski definition) is 7. The zero-order valence-electron chi connectivity index (χ0n) is 17.2. The van der Waals surface area contributed by atoms with E-state index >= 15 is 0 Å². The first kappa shape index (κ1) is 19.9. The molecule has 10 heteroatoms. The van der Waals surface area contributed by atoms with Crippen molar-refractivity contribution < 1.29 is 13.9 Å². The quantitative estimate of drug-likeness (QED) is 0.547. The molecule has 1 aliphatic rings. The molecule has 0 bridgehead atoms. The number of amides is 1. The number of halogens is 1. The molecule has 1 fully saturated rings. The van der Waals surface area contributed by atoms with Gasteiger partial charge in [0.1, 0.15) is 29.1 Å². The molecular formula is C20H24FN7O2. The molecule has 158 valence electrons. The largest absolute Gasteiger partial charge is 0.473 e. The van der Waals surface area contributed by atoms with E-state index in [1.54, 1.807) is 19.3 Å². The summed E-state index contributed by atoms with van der Waals surface area (Å²) in [7, 11) is 1.75. The molecule has 0 aromatic carbocycles. The van der Waals surface area contributed by atoms with Crippen LogP contribution in [0.25, 0.3) is 5.65 Å². The van der Waals surface area contributed by atoms with E-state index in [4.69, 9.17) is 4.74 Å². The van der Waals surface area contributed by atoms with Crippen LogP contribution in [0.4, 0.5) is 21.7 Å². The number of nitrogens with zero attached hydrogens (tertiary/aromatic N) is 4. The Labute approximate surface area is 173 Å². The molecule has 0 radical (unpaired) electrons. The summed E-state index contributed by atoms with van der Waals surface area (Å²) in [4.78, 5) is 21.5. The summed E-state index contributed by atoms with van der Waals surface area (Å²) in [6, 6.07) is 3.24. The van der Waals surface area contributed by atoms with Crippen molar-refractivity contribution in [2.45, 2.75) is 45.5 Å². The average molecular weight is 413 g/mol. The van der Waals surface area contributed by atoms with Crippen molar-refractivity contribution in [3.8, 4) is 5.88 Å². The summed E-state index contributed by atoms with van der Waals surface area (Å²) < 4.78 is 20.5. The van der Waals surface area contributed by atoms with E-state index < -0.39 is 18.1 Å². The fraction of sp³-hybridized carbons (Fsp3) is 0.400. The second kappa shape index (κ2) is 7.77. The first-order valence-corrected chi connectivity index (χ1v) is 9.77. The maximum atomic E-state index is 13.2. The fourth-order valence-electron chi connectivity index (χ4n) is 3.03. The monoisotopic (exact) mass is 413 g/mol. The molecule has 2 atom stereocenters. The number of carbonyl (C=O) groups excluding carboxylic acids is 1. The number of pyridine rings is 1. The number of nitrogens with one attached hydrogen (secondary N) is 3. The number of fused-ring (bicyclic) bond motifs is 1. The molecular weight excluding hydrogens is 389 g/mol. The predicted molar refractivity (Wildman–Crippen MR) is 111 cm³/mol. The van der Waals surface area contributed by atoms with Gasteiger partial charge in [0.15, 0.2) is 5.65 Å². The topological polar surface area (TPSA) is 105 Å². The average Bonchev–Trinajstić information content (AvgIpc) is 3.21. The molecule has 3 aromatic rings. The maximum Gasteiger partial charge on any atom is 0.257 e. The van der Waals surface area contributed by atoms with Crippen LogP contribution >= 0.6 is 0 Å². The molecule has 0 aliphatic heterocycles. The lowest BCUT2D eigenvalue weighted by atomic mass is 10.3. The Hall–Kier alpha value is -3.43. The molecule has 3 N–H and O–H groups in total. The molecule has 4 rings (SSSR count). The van der Waals surface area contributed by atoms with Crippen LogP contribution in [-0.2, 0) is 0 Å². The fourth-order valence-corrected chi connectivity index (χ4v) is 3.03. The van der Waals surface area contributed by atoms with Gasteiger partial charge in [0.25, 0.3) is 5.91 Å². The van der Waals surface area contributed by atoms with Gasteiger partial charge in [-0.25, -0.2) is 14.4 Å². The third kappa shape index (κ3) is 3.98. The molecule has 30 heavy (non-hydrogen) atoms. The van der Waals surface area contributed by atoms with E-state index in [9.17, 15) is 9.18 Å². The van der Waals surface area contributed by atoms with Crippen LogP contribution in [0, 0.1) is 6.92 Å².